The van der Waals surface area contributed by atoms with Crippen LogP contribution in [0.5, 0.6) is 0 Å². The minimum absolute atomic E-state index is 0.0921. The molecule has 0 spiro atoms. The van der Waals surface area contributed by atoms with Gasteiger partial charge in [-0.2, -0.15) is 0 Å². The highest BCUT2D eigenvalue weighted by molar-refractivity contribution is 6.30. The quantitative estimate of drug-likeness (QED) is 0.859. The standard InChI is InChI=1S/C12H9ClF2N2O2/c1-2-7-10(13)16-12(19)17(11(7)18)9-5-6(14)3-4-8(9)15/h3-5H,2H2,1H3,(H,16,19). The molecule has 0 aliphatic heterocycles. The predicted octanol–water partition coefficient (Wildman–Crippen LogP) is 2.02. The lowest BCUT2D eigenvalue weighted by molar-refractivity contribution is 0.587. The van der Waals surface area contributed by atoms with E-state index in [1.807, 2.05) is 0 Å². The van der Waals surface area contributed by atoms with Crippen molar-refractivity contribution in [1.82, 2.24) is 9.55 Å². The Bertz CT molecular complexity index is 752. The highest BCUT2D eigenvalue weighted by Gasteiger charge is 2.16. The molecule has 0 unspecified atom stereocenters. The summed E-state index contributed by atoms with van der Waals surface area (Å²) in [7, 11) is 0. The Hall–Kier alpha value is -1.95. The molecular formula is C12H9ClF2N2O2. The number of benzene rings is 1. The summed E-state index contributed by atoms with van der Waals surface area (Å²) in [6.07, 6.45) is 0.255. The van der Waals surface area contributed by atoms with E-state index < -0.39 is 28.6 Å². The second kappa shape index (κ2) is 4.97. The first-order valence-electron chi connectivity index (χ1n) is 5.44. The fourth-order valence-corrected chi connectivity index (χ4v) is 2.02. The Balaban J connectivity index is 2.87. The van der Waals surface area contributed by atoms with Crippen molar-refractivity contribution < 1.29 is 8.78 Å². The molecule has 1 N–H and O–H groups in total. The number of aromatic amines is 1. The van der Waals surface area contributed by atoms with Crippen molar-refractivity contribution in [3.8, 4) is 5.69 Å². The van der Waals surface area contributed by atoms with Crippen LogP contribution in [0.25, 0.3) is 5.69 Å². The molecule has 2 rings (SSSR count). The average molecular weight is 287 g/mol. The summed E-state index contributed by atoms with van der Waals surface area (Å²) < 4.78 is 27.3. The van der Waals surface area contributed by atoms with Gasteiger partial charge in [-0.05, 0) is 18.6 Å². The first-order valence-corrected chi connectivity index (χ1v) is 5.82. The molecular weight excluding hydrogens is 278 g/mol. The van der Waals surface area contributed by atoms with Gasteiger partial charge in [-0.25, -0.2) is 18.1 Å². The van der Waals surface area contributed by atoms with Crippen molar-refractivity contribution in [2.75, 3.05) is 0 Å². The van der Waals surface area contributed by atoms with Gasteiger partial charge >= 0.3 is 5.69 Å². The molecule has 0 atom stereocenters. The zero-order valence-corrected chi connectivity index (χ0v) is 10.6. The van der Waals surface area contributed by atoms with Gasteiger partial charge in [0.25, 0.3) is 5.56 Å². The van der Waals surface area contributed by atoms with Crippen LogP contribution in [-0.4, -0.2) is 9.55 Å². The van der Waals surface area contributed by atoms with Gasteiger partial charge in [0.05, 0.1) is 11.3 Å². The number of halogens is 3. The minimum atomic E-state index is -0.920. The zero-order chi connectivity index (χ0) is 14.2. The molecule has 2 aromatic rings. The lowest BCUT2D eigenvalue weighted by Crippen LogP contribution is -2.36. The normalized spacial score (nSPS) is 10.7. The predicted molar refractivity (Wildman–Crippen MR) is 67.0 cm³/mol. The summed E-state index contributed by atoms with van der Waals surface area (Å²) >= 11 is 5.73. The third-order valence-corrected chi connectivity index (χ3v) is 2.97. The Morgan fingerprint density at radius 3 is 2.63 bits per heavy atom. The maximum absolute atomic E-state index is 13.6. The van der Waals surface area contributed by atoms with E-state index in [1.54, 1.807) is 6.92 Å². The van der Waals surface area contributed by atoms with Crippen LogP contribution < -0.4 is 11.2 Å². The molecule has 0 fully saturated rings. The monoisotopic (exact) mass is 286 g/mol. The molecule has 7 heteroatoms. The molecule has 1 heterocycles. The van der Waals surface area contributed by atoms with Crippen LogP contribution in [0, 0.1) is 11.6 Å². The van der Waals surface area contributed by atoms with Crippen LogP contribution in [-0.2, 0) is 6.42 Å². The van der Waals surface area contributed by atoms with Crippen LogP contribution in [0.2, 0.25) is 5.15 Å². The Labute approximate surface area is 111 Å². The summed E-state index contributed by atoms with van der Waals surface area (Å²) in [5, 5.41) is -0.0921. The van der Waals surface area contributed by atoms with Crippen molar-refractivity contribution >= 4 is 11.6 Å². The van der Waals surface area contributed by atoms with Crippen molar-refractivity contribution in [3.63, 3.8) is 0 Å². The summed E-state index contributed by atoms with van der Waals surface area (Å²) in [5.41, 5.74) is -2.00. The van der Waals surface area contributed by atoms with E-state index in [-0.39, 0.29) is 17.1 Å². The fourth-order valence-electron chi connectivity index (χ4n) is 1.73. The number of hydrogen-bond acceptors (Lipinski definition) is 2. The summed E-state index contributed by atoms with van der Waals surface area (Å²) in [6.45, 7) is 1.66. The van der Waals surface area contributed by atoms with Crippen molar-refractivity contribution in [1.29, 1.82) is 0 Å². The van der Waals surface area contributed by atoms with E-state index in [9.17, 15) is 18.4 Å². The van der Waals surface area contributed by atoms with Crippen molar-refractivity contribution in [2.24, 2.45) is 0 Å². The van der Waals surface area contributed by atoms with E-state index in [1.165, 1.54) is 0 Å². The van der Waals surface area contributed by atoms with Gasteiger partial charge in [0.15, 0.2) is 0 Å². The minimum Gasteiger partial charge on any atom is -0.297 e. The molecule has 0 aliphatic carbocycles. The molecule has 0 aliphatic rings. The number of rotatable bonds is 2. The van der Waals surface area contributed by atoms with Crippen molar-refractivity contribution in [2.45, 2.75) is 13.3 Å². The molecule has 1 aromatic heterocycles. The second-order valence-corrected chi connectivity index (χ2v) is 4.19. The molecule has 100 valence electrons. The molecule has 0 saturated heterocycles. The van der Waals surface area contributed by atoms with E-state index in [0.29, 0.717) is 4.57 Å². The Kier molecular flexibility index (Phi) is 3.53. The number of aromatic nitrogens is 2. The van der Waals surface area contributed by atoms with E-state index >= 15 is 0 Å². The lowest BCUT2D eigenvalue weighted by atomic mass is 10.2. The van der Waals surface area contributed by atoms with E-state index in [0.717, 1.165) is 18.2 Å². The average Bonchev–Trinajstić information content (AvgIpc) is 2.33. The largest absolute Gasteiger partial charge is 0.334 e. The molecule has 19 heavy (non-hydrogen) atoms. The van der Waals surface area contributed by atoms with Crippen LogP contribution in [0.4, 0.5) is 8.78 Å². The Morgan fingerprint density at radius 1 is 1.32 bits per heavy atom. The summed E-state index contributed by atoms with van der Waals surface area (Å²) in [4.78, 5) is 26.0. The molecule has 0 bridgehead atoms. The highest BCUT2D eigenvalue weighted by atomic mass is 35.5. The SMILES string of the molecule is CCc1c(Cl)[nH]c(=O)n(-c2cc(F)ccc2F)c1=O. The van der Waals surface area contributed by atoms with Gasteiger partial charge in [0.2, 0.25) is 0 Å². The van der Waals surface area contributed by atoms with Gasteiger partial charge in [0, 0.05) is 6.07 Å². The zero-order valence-electron chi connectivity index (χ0n) is 9.84. The van der Waals surface area contributed by atoms with Crippen LogP contribution in [0.1, 0.15) is 12.5 Å². The lowest BCUT2D eigenvalue weighted by Gasteiger charge is -2.08. The molecule has 0 radical (unpaired) electrons. The van der Waals surface area contributed by atoms with Crippen LogP contribution in [0.3, 0.4) is 0 Å². The van der Waals surface area contributed by atoms with Crippen LogP contribution >= 0.6 is 11.6 Å². The highest BCUT2D eigenvalue weighted by Crippen LogP contribution is 2.13. The second-order valence-electron chi connectivity index (χ2n) is 3.81. The third-order valence-electron chi connectivity index (χ3n) is 2.65. The van der Waals surface area contributed by atoms with Gasteiger partial charge in [0.1, 0.15) is 16.8 Å². The smallest absolute Gasteiger partial charge is 0.297 e. The van der Waals surface area contributed by atoms with Gasteiger partial charge in [-0.1, -0.05) is 18.5 Å². The first-order chi connectivity index (χ1) is 8.95. The molecule has 0 saturated carbocycles. The third kappa shape index (κ3) is 2.31. The van der Waals surface area contributed by atoms with E-state index in [2.05, 4.69) is 4.98 Å². The number of nitrogens with one attached hydrogen (secondary N) is 1. The van der Waals surface area contributed by atoms with Crippen LogP contribution in [0.15, 0.2) is 27.8 Å². The molecule has 0 amide bonds. The maximum Gasteiger partial charge on any atom is 0.334 e. The number of H-pyrrole nitrogens is 1. The van der Waals surface area contributed by atoms with Gasteiger partial charge in [-0.3, -0.25) is 9.78 Å². The summed E-state index contributed by atoms with van der Waals surface area (Å²) in [6, 6.07) is 2.52. The molecule has 1 aromatic carbocycles. The number of hydrogen-bond donors (Lipinski definition) is 1. The van der Waals surface area contributed by atoms with Gasteiger partial charge in [-0.15, -0.1) is 0 Å². The number of nitrogens with zero attached hydrogens (tertiary/aromatic N) is 1. The van der Waals surface area contributed by atoms with E-state index in [4.69, 9.17) is 11.6 Å². The maximum atomic E-state index is 13.6. The molecule has 4 nitrogen and oxygen atoms in total. The summed E-state index contributed by atoms with van der Waals surface area (Å²) in [5.74, 6) is -1.63. The van der Waals surface area contributed by atoms with Gasteiger partial charge < -0.3 is 0 Å². The fraction of sp³-hybridized carbons (Fsp3) is 0.167. The van der Waals surface area contributed by atoms with Crippen molar-refractivity contribution in [3.05, 3.63) is 61.4 Å². The Morgan fingerprint density at radius 2 is 2.00 bits per heavy atom. The topological polar surface area (TPSA) is 54.9 Å². The first kappa shape index (κ1) is 13.5.